The van der Waals surface area contributed by atoms with Crippen molar-refractivity contribution >= 4 is 34.4 Å². The largest absolute Gasteiger partial charge is 0.368 e. The van der Waals surface area contributed by atoms with Crippen LogP contribution in [0.3, 0.4) is 0 Å². The lowest BCUT2D eigenvalue weighted by Crippen LogP contribution is -2.58. The molecule has 1 aromatic rings. The van der Waals surface area contributed by atoms with E-state index in [1.165, 1.54) is 45.6 Å². The first kappa shape index (κ1) is 40.5. The van der Waals surface area contributed by atoms with Crippen LogP contribution in [0.15, 0.2) is 16.7 Å². The Balaban J connectivity index is 2.79. The summed E-state index contributed by atoms with van der Waals surface area (Å²) in [4.78, 5) is 35.5. The second-order valence-corrected chi connectivity index (χ2v) is 16.0. The number of nitrogens with zero attached hydrogens (tertiary/aromatic N) is 5. The fourth-order valence-electron chi connectivity index (χ4n) is 6.09. The molecule has 264 valence electrons. The smallest absolute Gasteiger partial charge is 0.286 e. The van der Waals surface area contributed by atoms with Gasteiger partial charge in [0.25, 0.3) is 5.91 Å². The van der Waals surface area contributed by atoms with Crippen molar-refractivity contribution < 1.29 is 14.7 Å². The fraction of sp³-hybridized carbons (Fsp3) is 0.737. The quantitative estimate of drug-likeness (QED) is 0.178. The number of unbranched alkanes of at least 4 members (excludes halogenated alkanes) is 2. The lowest BCUT2D eigenvalue weighted by Gasteiger charge is -2.41. The van der Waals surface area contributed by atoms with Crippen molar-refractivity contribution in [2.45, 2.75) is 146 Å². The zero-order chi connectivity index (χ0) is 35.7. The van der Waals surface area contributed by atoms with Gasteiger partial charge in [0.2, 0.25) is 5.91 Å². The van der Waals surface area contributed by atoms with Crippen molar-refractivity contribution in [2.75, 3.05) is 25.0 Å². The minimum atomic E-state index is -1.44. The van der Waals surface area contributed by atoms with Crippen molar-refractivity contribution in [3.05, 3.63) is 27.3 Å². The molecule has 0 bridgehead atoms. The molecule has 0 radical (unpaired) electrons. The Kier molecular flexibility index (Phi) is 15.2. The molecule has 3 atom stereocenters. The average molecular weight is 670 g/mol. The number of nitriles is 1. The van der Waals surface area contributed by atoms with E-state index in [9.17, 15) is 20.0 Å². The Morgan fingerprint density at radius 2 is 1.57 bits per heavy atom. The highest BCUT2D eigenvalue weighted by Gasteiger charge is 2.42. The highest BCUT2D eigenvalue weighted by molar-refractivity contribution is 7.16. The molecule has 1 aromatic heterocycles. The predicted molar refractivity (Wildman–Crippen MR) is 196 cm³/mol. The molecule has 3 unspecified atom stereocenters. The molecule has 1 N–H and O–H groups in total. The molecule has 2 heterocycles. The van der Waals surface area contributed by atoms with Gasteiger partial charge in [0, 0.05) is 36.5 Å². The number of amides is 2. The van der Waals surface area contributed by atoms with Gasteiger partial charge in [0.1, 0.15) is 11.6 Å². The average Bonchev–Trinajstić information content (AvgIpc) is 3.46. The van der Waals surface area contributed by atoms with Crippen molar-refractivity contribution in [1.82, 2.24) is 15.0 Å². The zero-order valence-electron chi connectivity index (χ0n) is 31.5. The summed E-state index contributed by atoms with van der Waals surface area (Å²) >= 11 is 1.63. The van der Waals surface area contributed by atoms with Crippen LogP contribution in [-0.2, 0) is 15.0 Å². The van der Waals surface area contributed by atoms with Crippen molar-refractivity contribution in [3.63, 3.8) is 0 Å². The standard InChI is InChI=1S/C38H63N5O3S/c1-13-18-20-27(15-3)24-42(25-28(16-4)21-19-14-2)36-40-32(38(10,11)17-5)31(47-36)22-29-26(6)30(23-39)34(45)43(33(29)44)41(12)35(46)37(7,8)9/h22,27-28,33,44H,13-21,24-25H2,1-12H3/b29-22-. The van der Waals surface area contributed by atoms with Gasteiger partial charge in [-0.05, 0) is 49.7 Å². The molecule has 0 saturated carbocycles. The van der Waals surface area contributed by atoms with E-state index in [-0.39, 0.29) is 16.9 Å². The van der Waals surface area contributed by atoms with E-state index in [0.717, 1.165) is 58.1 Å². The summed E-state index contributed by atoms with van der Waals surface area (Å²) in [6, 6.07) is 2.05. The maximum Gasteiger partial charge on any atom is 0.286 e. The van der Waals surface area contributed by atoms with Crippen molar-refractivity contribution in [2.24, 2.45) is 17.3 Å². The fourth-order valence-corrected chi connectivity index (χ4v) is 7.31. The number of carbonyl (C=O) groups is 2. The van der Waals surface area contributed by atoms with Gasteiger partial charge in [0.15, 0.2) is 11.4 Å². The van der Waals surface area contributed by atoms with Gasteiger partial charge in [-0.3, -0.25) is 14.6 Å². The van der Waals surface area contributed by atoms with Gasteiger partial charge in [-0.25, -0.2) is 9.99 Å². The van der Waals surface area contributed by atoms with Gasteiger partial charge >= 0.3 is 0 Å². The molecule has 0 aliphatic carbocycles. The van der Waals surface area contributed by atoms with Crippen LogP contribution in [0.25, 0.3) is 6.08 Å². The van der Waals surface area contributed by atoms with Gasteiger partial charge in [-0.1, -0.05) is 119 Å². The molecule has 2 amide bonds. The first-order valence-corrected chi connectivity index (χ1v) is 18.7. The number of aromatic nitrogens is 1. The lowest BCUT2D eigenvalue weighted by molar-refractivity contribution is -0.180. The lowest BCUT2D eigenvalue weighted by atomic mass is 9.85. The highest BCUT2D eigenvalue weighted by Crippen LogP contribution is 2.40. The molecule has 9 heteroatoms. The van der Waals surface area contributed by atoms with Gasteiger partial charge in [-0.2, -0.15) is 5.26 Å². The first-order valence-electron chi connectivity index (χ1n) is 17.9. The van der Waals surface area contributed by atoms with Crippen LogP contribution < -0.4 is 4.90 Å². The van der Waals surface area contributed by atoms with Crippen LogP contribution in [-0.4, -0.2) is 58.3 Å². The Hall–Kier alpha value is -2.70. The Morgan fingerprint density at radius 1 is 1.04 bits per heavy atom. The summed E-state index contributed by atoms with van der Waals surface area (Å²) in [5.41, 5.74) is 0.657. The third kappa shape index (κ3) is 9.92. The molecular weight excluding hydrogens is 607 g/mol. The molecule has 0 aromatic carbocycles. The Labute approximate surface area is 289 Å². The van der Waals surface area contributed by atoms with E-state index in [0.29, 0.717) is 23.0 Å². The summed E-state index contributed by atoms with van der Waals surface area (Å²) in [5.74, 6) is 0.124. The molecule has 0 fully saturated rings. The van der Waals surface area contributed by atoms with Crippen molar-refractivity contribution in [3.8, 4) is 6.07 Å². The van der Waals surface area contributed by atoms with Crippen LogP contribution in [0.5, 0.6) is 0 Å². The van der Waals surface area contributed by atoms with E-state index in [4.69, 9.17) is 4.98 Å². The second-order valence-electron chi connectivity index (χ2n) is 15.0. The van der Waals surface area contributed by atoms with Crippen LogP contribution >= 0.6 is 11.3 Å². The topological polar surface area (TPSA) is 101 Å². The van der Waals surface area contributed by atoms with E-state index < -0.39 is 17.6 Å². The number of aliphatic hydroxyl groups is 1. The molecule has 47 heavy (non-hydrogen) atoms. The first-order chi connectivity index (χ1) is 22.0. The SMILES string of the molecule is CCCCC(CC)CN(CC(CC)CCCC)c1nc(C(C)(C)CC)c(/C=C2/C(C)=C(C#N)C(=O)N(N(C)C(=O)C(C)(C)C)C2O)s1. The van der Waals surface area contributed by atoms with Gasteiger partial charge in [0.05, 0.1) is 10.6 Å². The second kappa shape index (κ2) is 17.6. The molecular formula is C38H63N5O3S. The molecule has 8 nitrogen and oxygen atoms in total. The number of thiazole rings is 1. The summed E-state index contributed by atoms with van der Waals surface area (Å²) in [6.07, 6.45) is 10.8. The van der Waals surface area contributed by atoms with E-state index in [1.807, 2.05) is 12.1 Å². The summed E-state index contributed by atoms with van der Waals surface area (Å²) in [6.45, 7) is 24.5. The number of anilines is 1. The zero-order valence-corrected chi connectivity index (χ0v) is 32.3. The Bertz CT molecular complexity index is 1300. The molecule has 0 saturated heterocycles. The Morgan fingerprint density at radius 3 is 2.00 bits per heavy atom. The molecule has 1 aliphatic rings. The van der Waals surface area contributed by atoms with E-state index >= 15 is 0 Å². The van der Waals surface area contributed by atoms with E-state index in [1.54, 1.807) is 39.0 Å². The van der Waals surface area contributed by atoms with Crippen LogP contribution in [0, 0.1) is 28.6 Å². The number of hydrogen-bond donors (Lipinski definition) is 1. The summed E-state index contributed by atoms with van der Waals surface area (Å²) in [5, 5.41) is 24.9. The predicted octanol–water partition coefficient (Wildman–Crippen LogP) is 8.87. The van der Waals surface area contributed by atoms with E-state index in [2.05, 4.69) is 53.4 Å². The van der Waals surface area contributed by atoms with Gasteiger partial charge < -0.3 is 10.0 Å². The minimum absolute atomic E-state index is 0.0822. The normalized spacial score (nSPS) is 18.0. The van der Waals surface area contributed by atoms with Crippen LogP contribution in [0.2, 0.25) is 0 Å². The number of hydrogen-bond acceptors (Lipinski definition) is 7. The van der Waals surface area contributed by atoms with Crippen molar-refractivity contribution in [1.29, 1.82) is 5.26 Å². The number of rotatable bonds is 17. The summed E-state index contributed by atoms with van der Waals surface area (Å²) < 4.78 is 0. The van der Waals surface area contributed by atoms with Crippen LogP contribution in [0.4, 0.5) is 5.13 Å². The molecule has 0 spiro atoms. The number of aliphatic hydroxyl groups excluding tert-OH is 1. The maximum atomic E-state index is 13.5. The molecule has 1 aliphatic heterocycles. The third-order valence-electron chi connectivity index (χ3n) is 9.88. The number of carbonyl (C=O) groups excluding carboxylic acids is 2. The number of hydrazine groups is 1. The van der Waals surface area contributed by atoms with Gasteiger partial charge in [-0.15, -0.1) is 0 Å². The van der Waals surface area contributed by atoms with Crippen LogP contribution in [0.1, 0.15) is 145 Å². The monoisotopic (exact) mass is 669 g/mol. The minimum Gasteiger partial charge on any atom is -0.368 e. The summed E-state index contributed by atoms with van der Waals surface area (Å²) in [7, 11) is 1.47. The maximum absolute atomic E-state index is 13.5. The molecule has 2 rings (SSSR count). The highest BCUT2D eigenvalue weighted by atomic mass is 32.1. The third-order valence-corrected chi connectivity index (χ3v) is 10.9.